The first kappa shape index (κ1) is 14.7. The molecule has 4 nitrogen and oxygen atoms in total. The molecular formula is C17H17FN2O2. The van der Waals surface area contributed by atoms with E-state index in [0.717, 1.165) is 11.1 Å². The molecule has 1 amide bonds. The van der Waals surface area contributed by atoms with Crippen molar-refractivity contribution in [2.45, 2.75) is 25.8 Å². The number of amides is 1. The first-order valence-electron chi connectivity index (χ1n) is 7.18. The van der Waals surface area contributed by atoms with Gasteiger partial charge in [0.2, 0.25) is 5.91 Å². The summed E-state index contributed by atoms with van der Waals surface area (Å²) in [6.45, 7) is 0.839. The van der Waals surface area contributed by atoms with E-state index >= 15 is 0 Å². The number of nitrogens with zero attached hydrogens (tertiary/aromatic N) is 1. The van der Waals surface area contributed by atoms with Crippen molar-refractivity contribution < 1.29 is 13.9 Å². The van der Waals surface area contributed by atoms with Crippen LogP contribution in [0.1, 0.15) is 17.5 Å². The van der Waals surface area contributed by atoms with Crippen LogP contribution >= 0.6 is 0 Å². The van der Waals surface area contributed by atoms with Crippen molar-refractivity contribution in [3.05, 3.63) is 71.5 Å². The molecule has 1 aliphatic heterocycles. The highest BCUT2D eigenvalue weighted by atomic mass is 19.1. The zero-order chi connectivity index (χ0) is 15.4. The van der Waals surface area contributed by atoms with E-state index in [9.17, 15) is 9.18 Å². The molecule has 22 heavy (non-hydrogen) atoms. The quantitative estimate of drug-likeness (QED) is 0.834. The molecule has 1 unspecified atom stereocenters. The molecule has 2 aromatic rings. The van der Waals surface area contributed by atoms with Crippen LogP contribution in [0.15, 0.2) is 54.6 Å². The number of benzene rings is 2. The highest BCUT2D eigenvalue weighted by Crippen LogP contribution is 2.20. The second-order valence-electron chi connectivity index (χ2n) is 5.18. The van der Waals surface area contributed by atoms with Crippen LogP contribution in [0.3, 0.4) is 0 Å². The number of nitrogens with one attached hydrogen (secondary N) is 1. The topological polar surface area (TPSA) is 41.6 Å². The molecule has 1 N–H and O–H groups in total. The third-order valence-corrected chi connectivity index (χ3v) is 3.53. The standard InChI is InChI=1S/C17H17FN2O2/c18-15-8-4-7-14(9-15)12-22-17-10-16(21)20(17)19-11-13-5-2-1-3-6-13/h1-9,17,19H,10-12H2. The number of rotatable bonds is 6. The van der Waals surface area contributed by atoms with Crippen molar-refractivity contribution in [3.63, 3.8) is 0 Å². The molecular weight excluding hydrogens is 283 g/mol. The summed E-state index contributed by atoms with van der Waals surface area (Å²) in [5, 5.41) is 1.49. The van der Waals surface area contributed by atoms with Crippen molar-refractivity contribution in [2.24, 2.45) is 0 Å². The van der Waals surface area contributed by atoms with Crippen LogP contribution in [0.25, 0.3) is 0 Å². The van der Waals surface area contributed by atoms with E-state index in [-0.39, 0.29) is 24.6 Å². The van der Waals surface area contributed by atoms with Gasteiger partial charge >= 0.3 is 0 Å². The minimum atomic E-state index is -0.306. The Morgan fingerprint density at radius 1 is 1.14 bits per heavy atom. The number of hydrazine groups is 1. The molecule has 0 aliphatic carbocycles. The Hall–Kier alpha value is -2.24. The van der Waals surface area contributed by atoms with Crippen LogP contribution in [-0.2, 0) is 22.7 Å². The minimum Gasteiger partial charge on any atom is -0.352 e. The van der Waals surface area contributed by atoms with Crippen molar-refractivity contribution in [3.8, 4) is 0 Å². The molecule has 0 spiro atoms. The number of carbonyl (C=O) groups is 1. The van der Waals surface area contributed by atoms with Gasteiger partial charge in [-0.25, -0.2) is 14.8 Å². The summed E-state index contributed by atoms with van der Waals surface area (Å²) in [4.78, 5) is 11.7. The van der Waals surface area contributed by atoms with Crippen LogP contribution in [0.5, 0.6) is 0 Å². The van der Waals surface area contributed by atoms with Crippen LogP contribution in [0.4, 0.5) is 4.39 Å². The summed E-state index contributed by atoms with van der Waals surface area (Å²) in [6.07, 6.45) is 0.0383. The van der Waals surface area contributed by atoms with Crippen molar-refractivity contribution in [1.29, 1.82) is 0 Å². The van der Waals surface area contributed by atoms with E-state index in [0.29, 0.717) is 13.0 Å². The molecule has 114 valence electrons. The predicted molar refractivity (Wildman–Crippen MR) is 79.7 cm³/mol. The van der Waals surface area contributed by atoms with Gasteiger partial charge in [0.25, 0.3) is 0 Å². The molecule has 3 rings (SSSR count). The fourth-order valence-electron chi connectivity index (χ4n) is 2.30. The van der Waals surface area contributed by atoms with Crippen molar-refractivity contribution in [2.75, 3.05) is 0 Å². The number of β-lactam (4-membered cyclic amide) rings is 1. The summed E-state index contributed by atoms with van der Waals surface area (Å²) < 4.78 is 18.8. The normalized spacial score (nSPS) is 17.4. The number of hydrogen-bond donors (Lipinski definition) is 1. The second kappa shape index (κ2) is 6.68. The molecule has 1 fully saturated rings. The maximum Gasteiger partial charge on any atom is 0.243 e. The fraction of sp³-hybridized carbons (Fsp3) is 0.235. The fourth-order valence-corrected chi connectivity index (χ4v) is 2.30. The third-order valence-electron chi connectivity index (χ3n) is 3.53. The van der Waals surface area contributed by atoms with Gasteiger partial charge in [-0.15, -0.1) is 0 Å². The average molecular weight is 300 g/mol. The summed E-state index contributed by atoms with van der Waals surface area (Å²) in [6, 6.07) is 16.1. The first-order valence-corrected chi connectivity index (χ1v) is 7.18. The molecule has 0 radical (unpaired) electrons. The van der Waals surface area contributed by atoms with Crippen molar-refractivity contribution >= 4 is 5.91 Å². The van der Waals surface area contributed by atoms with E-state index in [1.807, 2.05) is 30.3 Å². The van der Waals surface area contributed by atoms with Gasteiger partial charge in [-0.1, -0.05) is 42.5 Å². The zero-order valence-electron chi connectivity index (χ0n) is 12.0. The molecule has 2 aromatic carbocycles. The molecule has 1 aliphatic rings. The number of hydrogen-bond acceptors (Lipinski definition) is 3. The molecule has 1 atom stereocenters. The molecule has 0 bridgehead atoms. The van der Waals surface area contributed by atoms with Gasteiger partial charge in [-0.3, -0.25) is 4.79 Å². The van der Waals surface area contributed by atoms with E-state index in [1.165, 1.54) is 17.1 Å². The monoisotopic (exact) mass is 300 g/mol. The average Bonchev–Trinajstić information content (AvgIpc) is 2.52. The van der Waals surface area contributed by atoms with E-state index in [4.69, 9.17) is 4.74 Å². The second-order valence-corrected chi connectivity index (χ2v) is 5.18. The van der Waals surface area contributed by atoms with E-state index in [1.54, 1.807) is 12.1 Å². The van der Waals surface area contributed by atoms with Gasteiger partial charge in [0.1, 0.15) is 5.82 Å². The summed E-state index contributed by atoms with van der Waals surface area (Å²) in [7, 11) is 0. The van der Waals surface area contributed by atoms with Gasteiger partial charge in [-0.2, -0.15) is 0 Å². The van der Waals surface area contributed by atoms with Gasteiger partial charge in [0, 0.05) is 6.54 Å². The largest absolute Gasteiger partial charge is 0.352 e. The Balaban J connectivity index is 1.50. The SMILES string of the molecule is O=C1CC(OCc2cccc(F)c2)N1NCc1ccccc1. The highest BCUT2D eigenvalue weighted by molar-refractivity contribution is 5.81. The lowest BCUT2D eigenvalue weighted by Crippen LogP contribution is -2.60. The predicted octanol–water partition coefficient (Wildman–Crippen LogP) is 2.61. The lowest BCUT2D eigenvalue weighted by molar-refractivity contribution is -0.187. The van der Waals surface area contributed by atoms with Crippen LogP contribution in [0, 0.1) is 5.82 Å². The molecule has 1 saturated heterocycles. The Labute approximate surface area is 128 Å². The van der Waals surface area contributed by atoms with E-state index < -0.39 is 0 Å². The summed E-state index contributed by atoms with van der Waals surface area (Å²) >= 11 is 0. The van der Waals surface area contributed by atoms with Gasteiger partial charge in [-0.05, 0) is 23.3 Å². The Morgan fingerprint density at radius 3 is 2.64 bits per heavy atom. The van der Waals surface area contributed by atoms with Crippen LogP contribution < -0.4 is 5.43 Å². The van der Waals surface area contributed by atoms with Crippen LogP contribution in [-0.4, -0.2) is 17.1 Å². The Bertz CT molecular complexity index is 648. The molecule has 0 saturated carbocycles. The van der Waals surface area contributed by atoms with Gasteiger partial charge < -0.3 is 4.74 Å². The Morgan fingerprint density at radius 2 is 1.91 bits per heavy atom. The van der Waals surface area contributed by atoms with Crippen LogP contribution in [0.2, 0.25) is 0 Å². The maximum atomic E-state index is 13.1. The minimum absolute atomic E-state index is 0.000161. The summed E-state index contributed by atoms with van der Waals surface area (Å²) in [5.41, 5.74) is 4.91. The third kappa shape index (κ3) is 3.50. The number of carbonyl (C=O) groups excluding carboxylic acids is 1. The number of halogens is 1. The number of ether oxygens (including phenoxy) is 1. The van der Waals surface area contributed by atoms with E-state index in [2.05, 4.69) is 5.43 Å². The molecule has 1 heterocycles. The molecule has 0 aromatic heterocycles. The Kier molecular flexibility index (Phi) is 4.46. The van der Waals surface area contributed by atoms with Crippen molar-refractivity contribution in [1.82, 2.24) is 10.4 Å². The first-order chi connectivity index (χ1) is 10.7. The van der Waals surface area contributed by atoms with Gasteiger partial charge in [0.15, 0.2) is 6.23 Å². The smallest absolute Gasteiger partial charge is 0.243 e. The lowest BCUT2D eigenvalue weighted by atomic mass is 10.2. The molecule has 5 heteroatoms. The maximum absolute atomic E-state index is 13.1. The highest BCUT2D eigenvalue weighted by Gasteiger charge is 2.36. The lowest BCUT2D eigenvalue weighted by Gasteiger charge is -2.39. The zero-order valence-corrected chi connectivity index (χ0v) is 12.0. The van der Waals surface area contributed by atoms with Gasteiger partial charge in [0.05, 0.1) is 13.0 Å². The summed E-state index contributed by atoms with van der Waals surface area (Å²) in [5.74, 6) is -0.287.